The van der Waals surface area contributed by atoms with Gasteiger partial charge in [-0.1, -0.05) is 43.6 Å². The number of hydrogen-bond acceptors (Lipinski definition) is 6. The van der Waals surface area contributed by atoms with Gasteiger partial charge in [-0.05, 0) is 54.5 Å². The molecule has 166 valence electrons. The molecule has 8 heteroatoms. The van der Waals surface area contributed by atoms with Gasteiger partial charge >= 0.3 is 0 Å². The Morgan fingerprint density at radius 2 is 1.91 bits per heavy atom. The van der Waals surface area contributed by atoms with Crippen molar-refractivity contribution < 1.29 is 13.9 Å². The SMILES string of the molecule is CCCCCCOc1ccc(/C=c2\sc3nc(-c4ccc(F)cc4)nn3c2=O)cc1OC. The molecule has 0 saturated heterocycles. The number of methoxy groups -OCH3 is 1. The zero-order valence-corrected chi connectivity index (χ0v) is 18.8. The largest absolute Gasteiger partial charge is 0.493 e. The lowest BCUT2D eigenvalue weighted by Crippen LogP contribution is -2.23. The van der Waals surface area contributed by atoms with Crippen LogP contribution < -0.4 is 19.6 Å². The highest BCUT2D eigenvalue weighted by Crippen LogP contribution is 2.28. The molecule has 0 spiro atoms. The number of aromatic nitrogens is 3. The summed E-state index contributed by atoms with van der Waals surface area (Å²) in [7, 11) is 1.60. The summed E-state index contributed by atoms with van der Waals surface area (Å²) in [5.41, 5.74) is 1.23. The standard InChI is InChI=1S/C24H24FN3O3S/c1-3-4-5-6-13-31-19-12-7-16(14-20(19)30-2)15-21-23(29)28-24(32-21)26-22(27-28)17-8-10-18(25)11-9-17/h7-12,14-15H,3-6,13H2,1-2H3/b21-15-. The molecule has 0 aliphatic rings. The molecular formula is C24H24FN3O3S. The second-order valence-corrected chi connectivity index (χ2v) is 8.38. The number of nitrogens with zero attached hydrogens (tertiary/aromatic N) is 3. The number of unbranched alkanes of at least 4 members (excludes halogenated alkanes) is 3. The molecule has 0 atom stereocenters. The van der Waals surface area contributed by atoms with Gasteiger partial charge in [-0.2, -0.15) is 9.50 Å². The van der Waals surface area contributed by atoms with E-state index < -0.39 is 0 Å². The summed E-state index contributed by atoms with van der Waals surface area (Å²) < 4.78 is 26.3. The highest BCUT2D eigenvalue weighted by atomic mass is 32.1. The summed E-state index contributed by atoms with van der Waals surface area (Å²) in [5, 5.41) is 4.29. The van der Waals surface area contributed by atoms with Gasteiger partial charge < -0.3 is 9.47 Å². The third kappa shape index (κ3) is 4.80. The smallest absolute Gasteiger partial charge is 0.291 e. The lowest BCUT2D eigenvalue weighted by atomic mass is 10.2. The quantitative estimate of drug-likeness (QED) is 0.350. The summed E-state index contributed by atoms with van der Waals surface area (Å²) in [4.78, 5) is 17.7. The van der Waals surface area contributed by atoms with Crippen molar-refractivity contribution in [1.82, 2.24) is 14.6 Å². The molecule has 0 saturated carbocycles. The monoisotopic (exact) mass is 453 g/mol. The van der Waals surface area contributed by atoms with Crippen molar-refractivity contribution in [1.29, 1.82) is 0 Å². The molecule has 6 nitrogen and oxygen atoms in total. The van der Waals surface area contributed by atoms with Crippen LogP contribution in [0.4, 0.5) is 4.39 Å². The Morgan fingerprint density at radius 1 is 1.09 bits per heavy atom. The van der Waals surface area contributed by atoms with Gasteiger partial charge in [0, 0.05) is 5.56 Å². The molecule has 32 heavy (non-hydrogen) atoms. The van der Waals surface area contributed by atoms with Crippen molar-refractivity contribution >= 4 is 22.4 Å². The molecule has 0 aliphatic carbocycles. The average Bonchev–Trinajstić information content (AvgIpc) is 3.34. The molecular weight excluding hydrogens is 429 g/mol. The Kier molecular flexibility index (Phi) is 6.80. The fraction of sp³-hybridized carbons (Fsp3) is 0.292. The summed E-state index contributed by atoms with van der Waals surface area (Å²) in [6.07, 6.45) is 6.33. The minimum Gasteiger partial charge on any atom is -0.493 e. The molecule has 0 aliphatic heterocycles. The maximum Gasteiger partial charge on any atom is 0.291 e. The van der Waals surface area contributed by atoms with Crippen molar-refractivity contribution in [2.45, 2.75) is 32.6 Å². The van der Waals surface area contributed by atoms with E-state index >= 15 is 0 Å². The highest BCUT2D eigenvalue weighted by Gasteiger charge is 2.12. The third-order valence-corrected chi connectivity index (χ3v) is 5.98. The normalized spacial score (nSPS) is 11.9. The zero-order valence-electron chi connectivity index (χ0n) is 18.0. The number of thiazole rings is 1. The summed E-state index contributed by atoms with van der Waals surface area (Å²) >= 11 is 1.25. The molecule has 0 bridgehead atoms. The lowest BCUT2D eigenvalue weighted by Gasteiger charge is -2.11. The Bertz CT molecular complexity index is 1320. The van der Waals surface area contributed by atoms with Gasteiger partial charge in [-0.3, -0.25) is 4.79 Å². The second-order valence-electron chi connectivity index (χ2n) is 7.37. The van der Waals surface area contributed by atoms with Crippen LogP contribution in [0.1, 0.15) is 38.2 Å². The zero-order chi connectivity index (χ0) is 22.5. The summed E-state index contributed by atoms with van der Waals surface area (Å²) in [5.74, 6) is 1.37. The van der Waals surface area contributed by atoms with E-state index in [0.717, 1.165) is 18.4 Å². The fourth-order valence-electron chi connectivity index (χ4n) is 3.31. The van der Waals surface area contributed by atoms with Gasteiger partial charge in [0.05, 0.1) is 18.2 Å². The van der Waals surface area contributed by atoms with E-state index in [-0.39, 0.29) is 11.4 Å². The van der Waals surface area contributed by atoms with Crippen LogP contribution in [0, 0.1) is 5.82 Å². The van der Waals surface area contributed by atoms with Crippen LogP contribution in [0.25, 0.3) is 22.4 Å². The van der Waals surface area contributed by atoms with E-state index in [9.17, 15) is 9.18 Å². The summed E-state index contributed by atoms with van der Waals surface area (Å²) in [6.45, 7) is 2.83. The van der Waals surface area contributed by atoms with E-state index in [4.69, 9.17) is 9.47 Å². The molecule has 0 radical (unpaired) electrons. The number of halogens is 1. The summed E-state index contributed by atoms with van der Waals surface area (Å²) in [6, 6.07) is 11.5. The van der Waals surface area contributed by atoms with Gasteiger partial charge in [0.25, 0.3) is 5.56 Å². The Morgan fingerprint density at radius 3 is 2.62 bits per heavy atom. The van der Waals surface area contributed by atoms with Crippen LogP contribution in [0.2, 0.25) is 0 Å². The van der Waals surface area contributed by atoms with Crippen molar-refractivity contribution in [3.63, 3.8) is 0 Å². The molecule has 0 amide bonds. The van der Waals surface area contributed by atoms with E-state index in [2.05, 4.69) is 17.0 Å². The van der Waals surface area contributed by atoms with Crippen molar-refractivity contribution in [3.05, 3.63) is 68.7 Å². The predicted octanol–water partition coefficient (Wildman–Crippen LogP) is 4.47. The number of ether oxygens (including phenoxy) is 2. The minimum absolute atomic E-state index is 0.249. The predicted molar refractivity (Wildman–Crippen MR) is 124 cm³/mol. The minimum atomic E-state index is -0.334. The first kappa shape index (κ1) is 22.0. The number of rotatable bonds is 9. The van der Waals surface area contributed by atoms with Gasteiger partial charge in [-0.25, -0.2) is 4.39 Å². The number of fused-ring (bicyclic) bond motifs is 1. The van der Waals surface area contributed by atoms with Gasteiger partial charge in [0.1, 0.15) is 5.82 Å². The Hall–Kier alpha value is -3.26. The molecule has 4 aromatic rings. The first-order valence-corrected chi connectivity index (χ1v) is 11.4. The van der Waals surface area contributed by atoms with Crippen molar-refractivity contribution in [3.8, 4) is 22.9 Å². The molecule has 0 N–H and O–H groups in total. The molecule has 4 rings (SSSR count). The molecule has 0 fully saturated rings. The first-order valence-electron chi connectivity index (χ1n) is 10.6. The molecule has 2 aromatic heterocycles. The van der Waals surface area contributed by atoms with Crippen molar-refractivity contribution in [2.75, 3.05) is 13.7 Å². The van der Waals surface area contributed by atoms with Crippen LogP contribution in [0.3, 0.4) is 0 Å². The maximum atomic E-state index is 13.1. The van der Waals surface area contributed by atoms with Crippen LogP contribution in [0.5, 0.6) is 11.5 Å². The van der Waals surface area contributed by atoms with E-state index in [1.165, 1.54) is 40.8 Å². The number of benzene rings is 2. The van der Waals surface area contributed by atoms with Crippen LogP contribution >= 0.6 is 11.3 Å². The van der Waals surface area contributed by atoms with Gasteiger partial charge in [-0.15, -0.1) is 5.10 Å². The Balaban J connectivity index is 1.57. The molecule has 2 heterocycles. The number of hydrogen-bond donors (Lipinski definition) is 0. The van der Waals surface area contributed by atoms with Crippen LogP contribution in [-0.4, -0.2) is 28.3 Å². The van der Waals surface area contributed by atoms with Crippen LogP contribution in [0.15, 0.2) is 47.3 Å². The topological polar surface area (TPSA) is 65.7 Å². The lowest BCUT2D eigenvalue weighted by molar-refractivity contribution is 0.285. The molecule has 2 aromatic carbocycles. The Labute approximate surface area is 188 Å². The van der Waals surface area contributed by atoms with Crippen LogP contribution in [-0.2, 0) is 0 Å². The van der Waals surface area contributed by atoms with Gasteiger partial charge in [0.15, 0.2) is 17.3 Å². The van der Waals surface area contributed by atoms with E-state index in [1.54, 1.807) is 25.3 Å². The maximum absolute atomic E-state index is 13.1. The van der Waals surface area contributed by atoms with Crippen molar-refractivity contribution in [2.24, 2.45) is 0 Å². The highest BCUT2D eigenvalue weighted by molar-refractivity contribution is 7.15. The fourth-order valence-corrected chi connectivity index (χ4v) is 4.22. The van der Waals surface area contributed by atoms with E-state index in [0.29, 0.717) is 39.0 Å². The van der Waals surface area contributed by atoms with E-state index in [1.807, 2.05) is 18.2 Å². The third-order valence-electron chi connectivity index (χ3n) is 5.03. The molecule has 0 unspecified atom stereocenters. The second kappa shape index (κ2) is 9.91. The average molecular weight is 454 g/mol. The first-order chi connectivity index (χ1) is 15.6. The van der Waals surface area contributed by atoms with Gasteiger partial charge in [0.2, 0.25) is 4.96 Å².